The topological polar surface area (TPSA) is 9.23 Å². The van der Waals surface area contributed by atoms with Crippen LogP contribution in [0.25, 0.3) is 0 Å². The lowest BCUT2D eigenvalue weighted by Gasteiger charge is -2.11. The highest BCUT2D eigenvalue weighted by molar-refractivity contribution is 5.31. The van der Waals surface area contributed by atoms with Crippen LogP contribution in [0.5, 0.6) is 5.75 Å². The third-order valence-electron chi connectivity index (χ3n) is 3.41. The number of benzene rings is 1. The first kappa shape index (κ1) is 16.7. The summed E-state index contributed by atoms with van der Waals surface area (Å²) in [7, 11) is 0. The van der Waals surface area contributed by atoms with Crippen LogP contribution in [-0.2, 0) is 6.42 Å². The third kappa shape index (κ3) is 4.95. The molecule has 1 atom stereocenters. The van der Waals surface area contributed by atoms with Crippen molar-refractivity contribution >= 4 is 0 Å². The van der Waals surface area contributed by atoms with Gasteiger partial charge in [-0.25, -0.2) is 4.39 Å². The van der Waals surface area contributed by atoms with E-state index in [0.29, 0.717) is 17.9 Å². The van der Waals surface area contributed by atoms with Crippen molar-refractivity contribution in [3.05, 3.63) is 42.0 Å². The Morgan fingerprint density at radius 2 is 2.00 bits per heavy atom. The van der Waals surface area contributed by atoms with Gasteiger partial charge in [-0.2, -0.15) is 4.39 Å². The molecule has 20 heavy (non-hydrogen) atoms. The van der Waals surface area contributed by atoms with Gasteiger partial charge in [0, 0.05) is 0 Å². The lowest BCUT2D eigenvalue weighted by atomic mass is 9.97. The summed E-state index contributed by atoms with van der Waals surface area (Å²) in [6.07, 6.45) is 6.34. The summed E-state index contributed by atoms with van der Waals surface area (Å²) < 4.78 is 32.7. The van der Waals surface area contributed by atoms with Crippen LogP contribution in [0.2, 0.25) is 0 Å². The maximum absolute atomic E-state index is 13.9. The van der Waals surface area contributed by atoms with Crippen molar-refractivity contribution in [3.8, 4) is 5.75 Å². The molecule has 1 nitrogen and oxygen atoms in total. The first-order valence-corrected chi connectivity index (χ1v) is 7.30. The van der Waals surface area contributed by atoms with E-state index < -0.39 is 11.6 Å². The van der Waals surface area contributed by atoms with E-state index in [1.807, 2.05) is 0 Å². The molecule has 0 aliphatic rings. The van der Waals surface area contributed by atoms with Gasteiger partial charge in [0.25, 0.3) is 0 Å². The monoisotopic (exact) mass is 282 g/mol. The fourth-order valence-electron chi connectivity index (χ4n) is 2.30. The van der Waals surface area contributed by atoms with Crippen LogP contribution >= 0.6 is 0 Å². The van der Waals surface area contributed by atoms with Crippen molar-refractivity contribution in [3.63, 3.8) is 0 Å². The van der Waals surface area contributed by atoms with Crippen LogP contribution < -0.4 is 4.74 Å². The Morgan fingerprint density at radius 1 is 1.25 bits per heavy atom. The van der Waals surface area contributed by atoms with E-state index >= 15 is 0 Å². The van der Waals surface area contributed by atoms with E-state index in [9.17, 15) is 8.78 Å². The molecule has 1 rings (SSSR count). The fourth-order valence-corrected chi connectivity index (χ4v) is 2.30. The zero-order valence-electron chi connectivity index (χ0n) is 12.4. The van der Waals surface area contributed by atoms with Gasteiger partial charge in [-0.15, -0.1) is 0 Å². The molecule has 0 N–H and O–H groups in total. The minimum atomic E-state index is -0.897. The second-order valence-electron chi connectivity index (χ2n) is 5.24. The molecule has 0 spiro atoms. The van der Waals surface area contributed by atoms with E-state index in [1.165, 1.54) is 25.0 Å². The summed E-state index contributed by atoms with van der Waals surface area (Å²) in [5.41, 5.74) is 0.428. The molecule has 0 amide bonds. The number of aryl methyl sites for hydroxylation is 1. The quantitative estimate of drug-likeness (QED) is 0.559. The minimum Gasteiger partial charge on any atom is -0.486 e. The van der Waals surface area contributed by atoms with Crippen LogP contribution in [0.3, 0.4) is 0 Å². The smallest absolute Gasteiger partial charge is 0.200 e. The van der Waals surface area contributed by atoms with Gasteiger partial charge in [-0.05, 0) is 30.4 Å². The van der Waals surface area contributed by atoms with Crippen LogP contribution in [0.4, 0.5) is 8.78 Å². The van der Waals surface area contributed by atoms with Crippen molar-refractivity contribution < 1.29 is 13.5 Å². The normalized spacial score (nSPS) is 12.2. The zero-order chi connectivity index (χ0) is 15.0. The van der Waals surface area contributed by atoms with E-state index in [2.05, 4.69) is 20.4 Å². The average molecular weight is 282 g/mol. The number of hydrogen-bond acceptors (Lipinski definition) is 1. The fraction of sp³-hybridized carbons (Fsp3) is 0.529. The molecule has 0 aromatic heterocycles. The van der Waals surface area contributed by atoms with Crippen LogP contribution in [0, 0.1) is 17.6 Å². The Kier molecular flexibility index (Phi) is 7.27. The highest BCUT2D eigenvalue weighted by atomic mass is 19.2. The summed E-state index contributed by atoms with van der Waals surface area (Å²) in [6.45, 7) is 8.01. The van der Waals surface area contributed by atoms with E-state index in [-0.39, 0.29) is 12.4 Å². The second-order valence-corrected chi connectivity index (χ2v) is 5.24. The van der Waals surface area contributed by atoms with Gasteiger partial charge in [0.15, 0.2) is 11.6 Å². The number of halogens is 2. The van der Waals surface area contributed by atoms with Crippen LogP contribution in [0.1, 0.15) is 45.1 Å². The Morgan fingerprint density at radius 3 is 2.65 bits per heavy atom. The molecule has 1 unspecified atom stereocenters. The molecule has 0 bridgehead atoms. The summed E-state index contributed by atoms with van der Waals surface area (Å²) in [6, 6.07) is 3.11. The summed E-state index contributed by atoms with van der Waals surface area (Å²) >= 11 is 0. The van der Waals surface area contributed by atoms with Gasteiger partial charge in [-0.3, -0.25) is 0 Å². The number of rotatable bonds is 9. The summed E-state index contributed by atoms with van der Waals surface area (Å²) in [5, 5.41) is 0. The average Bonchev–Trinajstić information content (AvgIpc) is 2.43. The van der Waals surface area contributed by atoms with Gasteiger partial charge in [-0.1, -0.05) is 51.8 Å². The van der Waals surface area contributed by atoms with Gasteiger partial charge in [0.1, 0.15) is 6.61 Å². The summed E-state index contributed by atoms with van der Waals surface area (Å²) in [4.78, 5) is 0. The maximum atomic E-state index is 13.9. The Labute approximate surface area is 120 Å². The SMILES string of the molecule is C=CCOc1ccc(CCCC(C)CCC)c(F)c1F. The van der Waals surface area contributed by atoms with E-state index in [4.69, 9.17) is 4.74 Å². The highest BCUT2D eigenvalue weighted by Gasteiger charge is 2.14. The molecule has 3 heteroatoms. The van der Waals surface area contributed by atoms with Crippen LogP contribution in [0.15, 0.2) is 24.8 Å². The second kappa shape index (κ2) is 8.72. The van der Waals surface area contributed by atoms with Gasteiger partial charge in [0.05, 0.1) is 0 Å². The Hall–Kier alpha value is -1.38. The van der Waals surface area contributed by atoms with Crippen molar-refractivity contribution in [1.29, 1.82) is 0 Å². The zero-order valence-corrected chi connectivity index (χ0v) is 12.4. The molecular formula is C17H24F2O. The van der Waals surface area contributed by atoms with Crippen molar-refractivity contribution in [2.24, 2.45) is 5.92 Å². The largest absolute Gasteiger partial charge is 0.486 e. The van der Waals surface area contributed by atoms with Gasteiger partial charge < -0.3 is 4.74 Å². The Balaban J connectivity index is 2.59. The predicted molar refractivity (Wildman–Crippen MR) is 79.1 cm³/mol. The minimum absolute atomic E-state index is 0.0505. The van der Waals surface area contributed by atoms with Crippen molar-refractivity contribution in [2.75, 3.05) is 6.61 Å². The maximum Gasteiger partial charge on any atom is 0.200 e. The van der Waals surface area contributed by atoms with Gasteiger partial charge >= 0.3 is 0 Å². The molecule has 0 saturated carbocycles. The summed E-state index contributed by atoms with van der Waals surface area (Å²) in [5.74, 6) is -1.09. The molecule has 0 aliphatic carbocycles. The van der Waals surface area contributed by atoms with E-state index in [0.717, 1.165) is 12.8 Å². The van der Waals surface area contributed by atoms with Crippen molar-refractivity contribution in [2.45, 2.75) is 46.0 Å². The molecule has 0 radical (unpaired) electrons. The molecule has 0 heterocycles. The molecule has 1 aromatic carbocycles. The van der Waals surface area contributed by atoms with Crippen LogP contribution in [-0.4, -0.2) is 6.61 Å². The highest BCUT2D eigenvalue weighted by Crippen LogP contribution is 2.24. The third-order valence-corrected chi connectivity index (χ3v) is 3.41. The molecule has 112 valence electrons. The first-order valence-electron chi connectivity index (χ1n) is 7.30. The van der Waals surface area contributed by atoms with Crippen molar-refractivity contribution in [1.82, 2.24) is 0 Å². The van der Waals surface area contributed by atoms with E-state index in [1.54, 1.807) is 6.07 Å². The standard InChI is InChI=1S/C17H24F2O/c1-4-7-13(3)8-6-9-14-10-11-15(20-12-5-2)17(19)16(14)18/h5,10-11,13H,2,4,6-9,12H2,1,3H3. The Bertz CT molecular complexity index is 429. The first-order chi connectivity index (χ1) is 9.60. The lowest BCUT2D eigenvalue weighted by molar-refractivity contribution is 0.331. The molecule has 0 saturated heterocycles. The molecule has 0 aliphatic heterocycles. The lowest BCUT2D eigenvalue weighted by Crippen LogP contribution is -2.02. The van der Waals surface area contributed by atoms with Gasteiger partial charge in [0.2, 0.25) is 5.82 Å². The number of ether oxygens (including phenoxy) is 1. The molecule has 0 fully saturated rings. The molecule has 1 aromatic rings. The number of hydrogen-bond donors (Lipinski definition) is 0. The molecular weight excluding hydrogens is 258 g/mol. The predicted octanol–water partition coefficient (Wildman–Crippen LogP) is 5.29.